The molecule has 2 rings (SSSR count). The molecule has 0 aromatic carbocycles. The summed E-state index contributed by atoms with van der Waals surface area (Å²) in [6.07, 6.45) is 1.05. The lowest BCUT2D eigenvalue weighted by Crippen LogP contribution is -2.09. The average molecular weight is 297 g/mol. The van der Waals surface area contributed by atoms with Gasteiger partial charge in [0.25, 0.3) is 0 Å². The average Bonchev–Trinajstić information content (AvgIpc) is 2.79. The Bertz CT molecular complexity index is 442. The zero-order chi connectivity index (χ0) is 11.4. The van der Waals surface area contributed by atoms with Gasteiger partial charge in [0.15, 0.2) is 0 Å². The second-order valence-corrected chi connectivity index (χ2v) is 5.26. The topological polar surface area (TPSA) is 24.9 Å². The van der Waals surface area contributed by atoms with Gasteiger partial charge in [-0.3, -0.25) is 0 Å². The fourth-order valence-electron chi connectivity index (χ4n) is 1.53. The highest BCUT2D eigenvalue weighted by Gasteiger charge is 2.10. The van der Waals surface area contributed by atoms with Crippen LogP contribution in [0.4, 0.5) is 5.82 Å². The lowest BCUT2D eigenvalue weighted by Gasteiger charge is -2.16. The summed E-state index contributed by atoms with van der Waals surface area (Å²) in [5, 5.41) is 5.55. The van der Waals surface area contributed by atoms with E-state index in [1.807, 2.05) is 18.2 Å². The molecule has 0 aliphatic rings. The molecular weight excluding hydrogens is 284 g/mol. The van der Waals surface area contributed by atoms with Gasteiger partial charge in [0, 0.05) is 4.88 Å². The summed E-state index contributed by atoms with van der Waals surface area (Å²) in [5.41, 5.74) is 0. The lowest BCUT2D eigenvalue weighted by molar-refractivity contribution is 0.758. The quantitative estimate of drug-likeness (QED) is 0.842. The summed E-state index contributed by atoms with van der Waals surface area (Å²) in [6, 6.07) is 10.5. The van der Waals surface area contributed by atoms with Crippen LogP contribution in [0.1, 0.15) is 24.3 Å². The van der Waals surface area contributed by atoms with Crippen LogP contribution in [0.15, 0.2) is 40.3 Å². The Kier molecular flexibility index (Phi) is 3.96. The monoisotopic (exact) mass is 296 g/mol. The van der Waals surface area contributed by atoms with Gasteiger partial charge in [-0.15, -0.1) is 11.3 Å². The first kappa shape index (κ1) is 11.6. The highest BCUT2D eigenvalue weighted by atomic mass is 79.9. The summed E-state index contributed by atoms with van der Waals surface area (Å²) in [6.45, 7) is 2.18. The third-order valence-corrected chi connectivity index (χ3v) is 3.76. The van der Waals surface area contributed by atoms with Crippen LogP contribution in [0.2, 0.25) is 0 Å². The van der Waals surface area contributed by atoms with Crippen molar-refractivity contribution in [3.05, 3.63) is 45.2 Å². The molecule has 0 aliphatic carbocycles. The number of nitrogens with one attached hydrogen (secondary N) is 1. The molecule has 0 aliphatic heterocycles. The van der Waals surface area contributed by atoms with E-state index in [-0.39, 0.29) is 0 Å². The van der Waals surface area contributed by atoms with E-state index < -0.39 is 0 Å². The number of halogens is 1. The van der Waals surface area contributed by atoms with Gasteiger partial charge >= 0.3 is 0 Å². The van der Waals surface area contributed by atoms with Crippen molar-refractivity contribution in [3.8, 4) is 0 Å². The Balaban J connectivity index is 2.13. The smallest absolute Gasteiger partial charge is 0.127 e. The van der Waals surface area contributed by atoms with Crippen LogP contribution in [0.3, 0.4) is 0 Å². The van der Waals surface area contributed by atoms with Crippen molar-refractivity contribution in [2.24, 2.45) is 0 Å². The van der Waals surface area contributed by atoms with Crippen molar-refractivity contribution in [2.45, 2.75) is 19.4 Å². The van der Waals surface area contributed by atoms with Crippen molar-refractivity contribution >= 4 is 33.1 Å². The minimum atomic E-state index is 0.349. The number of anilines is 1. The van der Waals surface area contributed by atoms with Crippen LogP contribution < -0.4 is 5.32 Å². The van der Waals surface area contributed by atoms with E-state index in [1.54, 1.807) is 11.3 Å². The highest BCUT2D eigenvalue weighted by Crippen LogP contribution is 2.25. The fraction of sp³-hybridized carbons (Fsp3) is 0.250. The second kappa shape index (κ2) is 5.46. The van der Waals surface area contributed by atoms with Crippen molar-refractivity contribution in [2.75, 3.05) is 5.32 Å². The van der Waals surface area contributed by atoms with Crippen LogP contribution in [0.25, 0.3) is 0 Å². The first-order valence-electron chi connectivity index (χ1n) is 5.22. The molecule has 0 amide bonds. The number of thiophene rings is 1. The summed E-state index contributed by atoms with van der Waals surface area (Å²) in [7, 11) is 0. The number of hydrogen-bond acceptors (Lipinski definition) is 3. The van der Waals surface area contributed by atoms with Gasteiger partial charge < -0.3 is 5.32 Å². The molecule has 2 aromatic heterocycles. The Hall–Kier alpha value is -0.870. The third kappa shape index (κ3) is 2.83. The molecule has 1 atom stereocenters. The predicted octanol–water partition coefficient (Wildman–Crippen LogP) is 4.47. The fourth-order valence-corrected chi connectivity index (χ4v) is 2.74. The zero-order valence-electron chi connectivity index (χ0n) is 8.98. The Labute approximate surface area is 108 Å². The normalized spacial score (nSPS) is 12.4. The Morgan fingerprint density at radius 3 is 2.88 bits per heavy atom. The van der Waals surface area contributed by atoms with Gasteiger partial charge in [-0.2, -0.15) is 0 Å². The molecule has 16 heavy (non-hydrogen) atoms. The van der Waals surface area contributed by atoms with E-state index in [9.17, 15) is 0 Å². The van der Waals surface area contributed by atoms with Crippen molar-refractivity contribution < 1.29 is 0 Å². The van der Waals surface area contributed by atoms with E-state index in [0.29, 0.717) is 6.04 Å². The van der Waals surface area contributed by atoms with E-state index >= 15 is 0 Å². The van der Waals surface area contributed by atoms with Gasteiger partial charge in [0.2, 0.25) is 0 Å². The molecule has 0 spiro atoms. The Morgan fingerprint density at radius 1 is 1.38 bits per heavy atom. The van der Waals surface area contributed by atoms with E-state index in [0.717, 1.165) is 16.8 Å². The lowest BCUT2D eigenvalue weighted by atomic mass is 10.2. The van der Waals surface area contributed by atoms with Gasteiger partial charge in [0.05, 0.1) is 6.04 Å². The maximum absolute atomic E-state index is 4.38. The summed E-state index contributed by atoms with van der Waals surface area (Å²) < 4.78 is 0.860. The SMILES string of the molecule is CCC(Nc1cccc(Br)n1)c1cccs1. The molecule has 1 N–H and O–H groups in total. The Morgan fingerprint density at radius 2 is 2.25 bits per heavy atom. The van der Waals surface area contributed by atoms with Gasteiger partial charge in [-0.1, -0.05) is 19.1 Å². The molecule has 2 nitrogen and oxygen atoms in total. The molecule has 2 heterocycles. The van der Waals surface area contributed by atoms with Gasteiger partial charge in [-0.05, 0) is 45.9 Å². The molecule has 0 saturated carbocycles. The maximum Gasteiger partial charge on any atom is 0.127 e. The molecule has 84 valence electrons. The van der Waals surface area contributed by atoms with Crippen LogP contribution in [0.5, 0.6) is 0 Å². The third-order valence-electron chi connectivity index (χ3n) is 2.33. The number of nitrogens with zero attached hydrogens (tertiary/aromatic N) is 1. The molecule has 1 unspecified atom stereocenters. The number of aromatic nitrogens is 1. The van der Waals surface area contributed by atoms with Gasteiger partial charge in [0.1, 0.15) is 10.4 Å². The molecular formula is C12H13BrN2S. The number of pyridine rings is 1. The van der Waals surface area contributed by atoms with Crippen molar-refractivity contribution in [3.63, 3.8) is 0 Å². The van der Waals surface area contributed by atoms with E-state index in [1.165, 1.54) is 4.88 Å². The largest absolute Gasteiger partial charge is 0.362 e. The van der Waals surface area contributed by atoms with Crippen LogP contribution >= 0.6 is 27.3 Å². The van der Waals surface area contributed by atoms with Crippen LogP contribution in [-0.4, -0.2) is 4.98 Å². The highest BCUT2D eigenvalue weighted by molar-refractivity contribution is 9.10. The number of rotatable bonds is 4. The minimum absolute atomic E-state index is 0.349. The molecule has 0 radical (unpaired) electrons. The molecule has 2 aromatic rings. The first-order chi connectivity index (χ1) is 7.79. The summed E-state index contributed by atoms with van der Waals surface area (Å²) >= 11 is 5.15. The molecule has 0 bridgehead atoms. The van der Waals surface area contributed by atoms with Crippen LogP contribution in [0, 0.1) is 0 Å². The predicted molar refractivity (Wildman–Crippen MR) is 72.9 cm³/mol. The molecule has 0 fully saturated rings. The first-order valence-corrected chi connectivity index (χ1v) is 6.89. The number of hydrogen-bond donors (Lipinski definition) is 1. The summed E-state index contributed by atoms with van der Waals surface area (Å²) in [4.78, 5) is 5.73. The van der Waals surface area contributed by atoms with Crippen LogP contribution in [-0.2, 0) is 0 Å². The van der Waals surface area contributed by atoms with Crippen molar-refractivity contribution in [1.82, 2.24) is 4.98 Å². The van der Waals surface area contributed by atoms with Crippen molar-refractivity contribution in [1.29, 1.82) is 0 Å². The molecule has 0 saturated heterocycles. The van der Waals surface area contributed by atoms with Gasteiger partial charge in [-0.25, -0.2) is 4.98 Å². The standard InChI is InChI=1S/C12H13BrN2S/c1-2-9(10-5-4-8-16-10)14-12-7-3-6-11(13)15-12/h3-9H,2H2,1H3,(H,14,15). The maximum atomic E-state index is 4.38. The summed E-state index contributed by atoms with van der Waals surface area (Å²) in [5.74, 6) is 0.912. The second-order valence-electron chi connectivity index (χ2n) is 3.47. The minimum Gasteiger partial charge on any atom is -0.362 e. The van der Waals surface area contributed by atoms with E-state index in [4.69, 9.17) is 0 Å². The van der Waals surface area contributed by atoms with E-state index in [2.05, 4.69) is 50.7 Å². The molecule has 4 heteroatoms. The zero-order valence-corrected chi connectivity index (χ0v) is 11.4.